The lowest BCUT2D eigenvalue weighted by atomic mass is 9.84. The first-order chi connectivity index (χ1) is 8.22. The van der Waals surface area contributed by atoms with E-state index >= 15 is 0 Å². The van der Waals surface area contributed by atoms with Crippen LogP contribution in [0.4, 0.5) is 0 Å². The molecular formula is C14H27NO2. The number of nitrogens with one attached hydrogen (secondary N) is 1. The number of hydrogen-bond acceptors (Lipinski definition) is 2. The predicted octanol–water partition coefficient (Wildman–Crippen LogP) is 3.19. The molecule has 1 saturated carbocycles. The van der Waals surface area contributed by atoms with Crippen molar-refractivity contribution in [3.8, 4) is 0 Å². The van der Waals surface area contributed by atoms with E-state index in [9.17, 15) is 4.79 Å². The summed E-state index contributed by atoms with van der Waals surface area (Å²) in [5, 5.41) is 12.1. The van der Waals surface area contributed by atoms with Crippen LogP contribution >= 0.6 is 0 Å². The summed E-state index contributed by atoms with van der Waals surface area (Å²) >= 11 is 0. The minimum Gasteiger partial charge on any atom is -0.481 e. The molecule has 100 valence electrons. The topological polar surface area (TPSA) is 49.3 Å². The number of hydrogen-bond donors (Lipinski definition) is 2. The molecule has 0 radical (unpaired) electrons. The van der Waals surface area contributed by atoms with Crippen molar-refractivity contribution in [1.29, 1.82) is 0 Å². The molecule has 0 amide bonds. The fraction of sp³-hybridized carbons (Fsp3) is 0.929. The molecule has 0 bridgehead atoms. The molecule has 2 N–H and O–H groups in total. The highest BCUT2D eigenvalue weighted by Gasteiger charge is 2.18. The van der Waals surface area contributed by atoms with Crippen LogP contribution < -0.4 is 5.32 Å². The maximum Gasteiger partial charge on any atom is 0.303 e. The first-order valence-corrected chi connectivity index (χ1v) is 7.17. The SMILES string of the molecule is CCC1CCC(NCCCCCC(=O)O)CC1. The van der Waals surface area contributed by atoms with Gasteiger partial charge in [-0.2, -0.15) is 0 Å². The molecule has 0 atom stereocenters. The van der Waals surface area contributed by atoms with Crippen LogP contribution in [0.15, 0.2) is 0 Å². The van der Waals surface area contributed by atoms with E-state index in [0.717, 1.165) is 37.8 Å². The van der Waals surface area contributed by atoms with Gasteiger partial charge in [-0.3, -0.25) is 4.79 Å². The van der Waals surface area contributed by atoms with E-state index in [1.54, 1.807) is 0 Å². The van der Waals surface area contributed by atoms with Gasteiger partial charge in [-0.1, -0.05) is 19.8 Å². The highest BCUT2D eigenvalue weighted by Crippen LogP contribution is 2.26. The molecule has 17 heavy (non-hydrogen) atoms. The molecule has 0 unspecified atom stereocenters. The first kappa shape index (κ1) is 14.5. The number of rotatable bonds is 8. The van der Waals surface area contributed by atoms with E-state index in [0.29, 0.717) is 6.42 Å². The molecule has 1 rings (SSSR count). The molecule has 0 aromatic carbocycles. The van der Waals surface area contributed by atoms with E-state index < -0.39 is 5.97 Å². The van der Waals surface area contributed by atoms with Crippen LogP contribution in [-0.2, 0) is 4.79 Å². The maximum absolute atomic E-state index is 10.3. The molecule has 0 aromatic heterocycles. The summed E-state index contributed by atoms with van der Waals surface area (Å²) in [4.78, 5) is 10.3. The molecule has 1 fully saturated rings. The Hall–Kier alpha value is -0.570. The molecular weight excluding hydrogens is 214 g/mol. The van der Waals surface area contributed by atoms with Gasteiger partial charge in [0.05, 0.1) is 0 Å². The number of carbonyl (C=O) groups is 1. The zero-order chi connectivity index (χ0) is 12.5. The zero-order valence-electron chi connectivity index (χ0n) is 11.1. The monoisotopic (exact) mass is 241 g/mol. The van der Waals surface area contributed by atoms with Crippen molar-refractivity contribution in [3.05, 3.63) is 0 Å². The van der Waals surface area contributed by atoms with Gasteiger partial charge in [0, 0.05) is 12.5 Å². The van der Waals surface area contributed by atoms with Crippen molar-refractivity contribution in [2.24, 2.45) is 5.92 Å². The fourth-order valence-electron chi connectivity index (χ4n) is 2.66. The van der Waals surface area contributed by atoms with Gasteiger partial charge in [-0.05, 0) is 51.0 Å². The third kappa shape index (κ3) is 6.67. The second-order valence-corrected chi connectivity index (χ2v) is 5.28. The predicted molar refractivity (Wildman–Crippen MR) is 70.1 cm³/mol. The van der Waals surface area contributed by atoms with Gasteiger partial charge in [0.25, 0.3) is 0 Å². The summed E-state index contributed by atoms with van der Waals surface area (Å²) < 4.78 is 0. The Kier molecular flexibility index (Phi) is 7.25. The van der Waals surface area contributed by atoms with Gasteiger partial charge in [-0.15, -0.1) is 0 Å². The van der Waals surface area contributed by atoms with Gasteiger partial charge >= 0.3 is 5.97 Å². The fourth-order valence-corrected chi connectivity index (χ4v) is 2.66. The highest BCUT2D eigenvalue weighted by molar-refractivity contribution is 5.66. The van der Waals surface area contributed by atoms with Crippen LogP contribution in [0.2, 0.25) is 0 Å². The van der Waals surface area contributed by atoms with Crippen molar-refractivity contribution in [2.75, 3.05) is 6.54 Å². The second-order valence-electron chi connectivity index (χ2n) is 5.28. The molecule has 0 aliphatic heterocycles. The van der Waals surface area contributed by atoms with Gasteiger partial charge in [0.1, 0.15) is 0 Å². The van der Waals surface area contributed by atoms with Crippen LogP contribution in [0, 0.1) is 5.92 Å². The molecule has 0 saturated heterocycles. The van der Waals surface area contributed by atoms with Crippen LogP contribution in [-0.4, -0.2) is 23.7 Å². The molecule has 1 aliphatic rings. The van der Waals surface area contributed by atoms with Crippen LogP contribution in [0.25, 0.3) is 0 Å². The van der Waals surface area contributed by atoms with E-state index in [1.165, 1.54) is 32.1 Å². The Morgan fingerprint density at radius 3 is 2.47 bits per heavy atom. The number of carboxylic acids is 1. The molecule has 1 aliphatic carbocycles. The molecule has 3 nitrogen and oxygen atoms in total. The maximum atomic E-state index is 10.3. The number of aliphatic carboxylic acids is 1. The molecule has 3 heteroatoms. The average molecular weight is 241 g/mol. The van der Waals surface area contributed by atoms with Crippen LogP contribution in [0.5, 0.6) is 0 Å². The van der Waals surface area contributed by atoms with Crippen molar-refractivity contribution < 1.29 is 9.90 Å². The van der Waals surface area contributed by atoms with E-state index in [1.807, 2.05) is 0 Å². The number of unbranched alkanes of at least 4 members (excludes halogenated alkanes) is 2. The largest absolute Gasteiger partial charge is 0.481 e. The van der Waals surface area contributed by atoms with Gasteiger partial charge in [0.15, 0.2) is 0 Å². The smallest absolute Gasteiger partial charge is 0.303 e. The first-order valence-electron chi connectivity index (χ1n) is 7.17. The van der Waals surface area contributed by atoms with E-state index in [-0.39, 0.29) is 0 Å². The Labute approximate surface area is 105 Å². The lowest BCUT2D eigenvalue weighted by Crippen LogP contribution is -2.33. The Bertz CT molecular complexity index is 210. The lowest BCUT2D eigenvalue weighted by Gasteiger charge is -2.28. The lowest BCUT2D eigenvalue weighted by molar-refractivity contribution is -0.137. The molecule has 0 heterocycles. The van der Waals surface area contributed by atoms with Crippen molar-refractivity contribution in [3.63, 3.8) is 0 Å². The summed E-state index contributed by atoms with van der Waals surface area (Å²) in [5.74, 6) is 0.291. The standard InChI is InChI=1S/C14H27NO2/c1-2-12-7-9-13(10-8-12)15-11-5-3-4-6-14(16)17/h12-13,15H,2-11H2,1H3,(H,16,17). The van der Waals surface area contributed by atoms with E-state index in [4.69, 9.17) is 5.11 Å². The normalized spacial score (nSPS) is 24.8. The van der Waals surface area contributed by atoms with Crippen molar-refractivity contribution >= 4 is 5.97 Å². The van der Waals surface area contributed by atoms with Crippen LogP contribution in [0.3, 0.4) is 0 Å². The third-order valence-corrected chi connectivity index (χ3v) is 3.92. The minimum atomic E-state index is -0.671. The van der Waals surface area contributed by atoms with Crippen molar-refractivity contribution in [2.45, 2.75) is 70.8 Å². The summed E-state index contributed by atoms with van der Waals surface area (Å²) in [7, 11) is 0. The third-order valence-electron chi connectivity index (χ3n) is 3.92. The minimum absolute atomic E-state index is 0.321. The highest BCUT2D eigenvalue weighted by atomic mass is 16.4. The average Bonchev–Trinajstić information content (AvgIpc) is 2.34. The van der Waals surface area contributed by atoms with Gasteiger partial charge in [0.2, 0.25) is 0 Å². The Morgan fingerprint density at radius 2 is 1.88 bits per heavy atom. The summed E-state index contributed by atoms with van der Waals surface area (Å²) in [5.41, 5.74) is 0. The van der Waals surface area contributed by atoms with Crippen molar-refractivity contribution in [1.82, 2.24) is 5.32 Å². The quantitative estimate of drug-likeness (QED) is 0.642. The van der Waals surface area contributed by atoms with Gasteiger partial charge in [-0.25, -0.2) is 0 Å². The van der Waals surface area contributed by atoms with Crippen LogP contribution in [0.1, 0.15) is 64.7 Å². The summed E-state index contributed by atoms with van der Waals surface area (Å²) in [6.45, 7) is 3.35. The second kappa shape index (κ2) is 8.51. The van der Waals surface area contributed by atoms with E-state index in [2.05, 4.69) is 12.2 Å². The Morgan fingerprint density at radius 1 is 1.18 bits per heavy atom. The molecule has 0 spiro atoms. The summed E-state index contributed by atoms with van der Waals surface area (Å²) in [6.07, 6.45) is 10.0. The number of carboxylic acid groups (broad SMARTS) is 1. The summed E-state index contributed by atoms with van der Waals surface area (Å²) in [6, 6.07) is 0.720. The Balaban J connectivity index is 1.91. The zero-order valence-corrected chi connectivity index (χ0v) is 11.1. The molecule has 0 aromatic rings. The van der Waals surface area contributed by atoms with Gasteiger partial charge < -0.3 is 10.4 Å².